The summed E-state index contributed by atoms with van der Waals surface area (Å²) in [5.74, 6) is 1.06. The van der Waals surface area contributed by atoms with Gasteiger partial charge >= 0.3 is 0 Å². The van der Waals surface area contributed by atoms with E-state index >= 15 is 0 Å². The minimum atomic E-state index is 0.0331. The van der Waals surface area contributed by atoms with Gasteiger partial charge in [-0.05, 0) is 42.9 Å². The van der Waals surface area contributed by atoms with Crippen molar-refractivity contribution in [2.75, 3.05) is 19.6 Å². The van der Waals surface area contributed by atoms with Crippen molar-refractivity contribution in [2.45, 2.75) is 38.8 Å². The van der Waals surface area contributed by atoms with Gasteiger partial charge in [-0.2, -0.15) is 0 Å². The quantitative estimate of drug-likeness (QED) is 0.763. The van der Waals surface area contributed by atoms with Gasteiger partial charge in [0.2, 0.25) is 11.8 Å². The highest BCUT2D eigenvalue weighted by Gasteiger charge is 2.21. The van der Waals surface area contributed by atoms with Crippen LogP contribution in [0.15, 0.2) is 24.3 Å². The Morgan fingerprint density at radius 1 is 1.26 bits per heavy atom. The topological polar surface area (TPSA) is 61.4 Å². The van der Waals surface area contributed by atoms with Crippen LogP contribution in [0, 0.1) is 5.92 Å². The van der Waals surface area contributed by atoms with Crippen LogP contribution in [0.5, 0.6) is 0 Å². The summed E-state index contributed by atoms with van der Waals surface area (Å²) in [5.41, 5.74) is 2.20. The summed E-state index contributed by atoms with van der Waals surface area (Å²) in [7, 11) is 0. The van der Waals surface area contributed by atoms with E-state index in [1.807, 2.05) is 23.1 Å². The summed E-state index contributed by atoms with van der Waals surface area (Å²) in [4.78, 5) is 25.4. The molecule has 2 amide bonds. The zero-order valence-corrected chi connectivity index (χ0v) is 13.5. The average Bonchev–Trinajstić information content (AvgIpc) is 3.29. The lowest BCUT2D eigenvalue weighted by Crippen LogP contribution is -2.34. The summed E-state index contributed by atoms with van der Waals surface area (Å²) in [6.45, 7) is 3.40. The second-order valence-corrected chi connectivity index (χ2v) is 6.59. The van der Waals surface area contributed by atoms with Gasteiger partial charge in [0.1, 0.15) is 0 Å². The van der Waals surface area contributed by atoms with Crippen molar-refractivity contribution in [3.8, 4) is 0 Å². The molecule has 124 valence electrons. The van der Waals surface area contributed by atoms with Crippen LogP contribution < -0.4 is 10.6 Å². The first kappa shape index (κ1) is 16.0. The lowest BCUT2D eigenvalue weighted by atomic mass is 10.1. The first-order valence-electron chi connectivity index (χ1n) is 8.54. The maximum atomic E-state index is 11.8. The number of benzene rings is 1. The Morgan fingerprint density at radius 2 is 2.09 bits per heavy atom. The summed E-state index contributed by atoms with van der Waals surface area (Å²) < 4.78 is 0. The van der Waals surface area contributed by atoms with E-state index in [2.05, 4.69) is 16.7 Å². The van der Waals surface area contributed by atoms with E-state index in [0.29, 0.717) is 26.1 Å². The molecule has 3 rings (SSSR count). The Labute approximate surface area is 137 Å². The summed E-state index contributed by atoms with van der Waals surface area (Å²) in [6, 6.07) is 8.10. The highest BCUT2D eigenvalue weighted by atomic mass is 16.2. The van der Waals surface area contributed by atoms with Gasteiger partial charge < -0.3 is 15.5 Å². The molecule has 1 saturated heterocycles. The predicted octanol–water partition coefficient (Wildman–Crippen LogP) is 1.42. The van der Waals surface area contributed by atoms with Gasteiger partial charge in [0, 0.05) is 26.1 Å². The standard InChI is InChI=1S/C18H25N3O2/c22-17(12-19-10-14-6-7-14)20-11-15-3-1-4-16(9-15)13-21-8-2-5-18(21)23/h1,3-4,9,14,19H,2,5-8,10-13H2,(H,20,22). The van der Waals surface area contributed by atoms with E-state index in [9.17, 15) is 9.59 Å². The molecule has 1 heterocycles. The second-order valence-electron chi connectivity index (χ2n) is 6.59. The molecule has 5 nitrogen and oxygen atoms in total. The largest absolute Gasteiger partial charge is 0.351 e. The third-order valence-corrected chi connectivity index (χ3v) is 4.44. The van der Waals surface area contributed by atoms with Gasteiger partial charge in [0.05, 0.1) is 6.54 Å². The monoisotopic (exact) mass is 315 g/mol. The number of nitrogens with one attached hydrogen (secondary N) is 2. The highest BCUT2D eigenvalue weighted by molar-refractivity contribution is 5.78. The zero-order chi connectivity index (χ0) is 16.1. The van der Waals surface area contributed by atoms with Crippen LogP contribution in [-0.2, 0) is 22.7 Å². The predicted molar refractivity (Wildman–Crippen MR) is 88.5 cm³/mol. The molecule has 1 aromatic rings. The van der Waals surface area contributed by atoms with Crippen molar-refractivity contribution in [3.63, 3.8) is 0 Å². The fourth-order valence-corrected chi connectivity index (χ4v) is 2.90. The summed E-state index contributed by atoms with van der Waals surface area (Å²) >= 11 is 0. The van der Waals surface area contributed by atoms with Crippen molar-refractivity contribution >= 4 is 11.8 Å². The van der Waals surface area contributed by atoms with Crippen LogP contribution in [0.2, 0.25) is 0 Å². The molecule has 1 aromatic carbocycles. The zero-order valence-electron chi connectivity index (χ0n) is 13.5. The van der Waals surface area contributed by atoms with Crippen molar-refractivity contribution < 1.29 is 9.59 Å². The first-order chi connectivity index (χ1) is 11.2. The molecule has 1 aliphatic carbocycles. The Kier molecular flexibility index (Phi) is 5.28. The van der Waals surface area contributed by atoms with E-state index < -0.39 is 0 Å². The van der Waals surface area contributed by atoms with Gasteiger partial charge in [-0.3, -0.25) is 9.59 Å². The number of hydrogen-bond acceptors (Lipinski definition) is 3. The molecule has 0 spiro atoms. The molecule has 0 radical (unpaired) electrons. The minimum Gasteiger partial charge on any atom is -0.351 e. The number of likely N-dealkylation sites (tertiary alicyclic amines) is 1. The molecule has 1 aliphatic heterocycles. The molecule has 2 N–H and O–H groups in total. The molecule has 0 bridgehead atoms. The van der Waals surface area contributed by atoms with Gasteiger partial charge in [-0.25, -0.2) is 0 Å². The van der Waals surface area contributed by atoms with E-state index in [0.717, 1.165) is 36.6 Å². The molecule has 23 heavy (non-hydrogen) atoms. The highest BCUT2D eigenvalue weighted by Crippen LogP contribution is 2.27. The van der Waals surface area contributed by atoms with E-state index in [1.54, 1.807) is 0 Å². The Hall–Kier alpha value is -1.88. The SMILES string of the molecule is O=C(CNCC1CC1)NCc1cccc(CN2CCCC2=O)c1. The molecule has 0 atom stereocenters. The number of hydrogen-bond donors (Lipinski definition) is 2. The number of nitrogens with zero attached hydrogens (tertiary/aromatic N) is 1. The van der Waals surface area contributed by atoms with Crippen LogP contribution in [0.4, 0.5) is 0 Å². The van der Waals surface area contributed by atoms with Gasteiger partial charge in [0.15, 0.2) is 0 Å². The van der Waals surface area contributed by atoms with Crippen molar-refractivity contribution in [1.29, 1.82) is 0 Å². The Bertz CT molecular complexity index is 569. The first-order valence-corrected chi connectivity index (χ1v) is 8.54. The molecule has 0 aromatic heterocycles. The lowest BCUT2D eigenvalue weighted by Gasteiger charge is -2.16. The Morgan fingerprint density at radius 3 is 2.83 bits per heavy atom. The van der Waals surface area contributed by atoms with Crippen LogP contribution in [0.1, 0.15) is 36.8 Å². The average molecular weight is 315 g/mol. The van der Waals surface area contributed by atoms with Crippen LogP contribution in [0.3, 0.4) is 0 Å². The number of carbonyl (C=O) groups excluding carboxylic acids is 2. The Balaban J connectivity index is 1.43. The molecule has 0 unspecified atom stereocenters. The van der Waals surface area contributed by atoms with Crippen LogP contribution >= 0.6 is 0 Å². The summed E-state index contributed by atoms with van der Waals surface area (Å²) in [6.07, 6.45) is 4.22. The normalized spacial score (nSPS) is 17.6. The van der Waals surface area contributed by atoms with E-state index in [4.69, 9.17) is 0 Å². The van der Waals surface area contributed by atoms with E-state index in [1.165, 1.54) is 12.8 Å². The van der Waals surface area contributed by atoms with Crippen molar-refractivity contribution in [3.05, 3.63) is 35.4 Å². The van der Waals surface area contributed by atoms with Gasteiger partial charge in [-0.1, -0.05) is 24.3 Å². The molecule has 5 heteroatoms. The van der Waals surface area contributed by atoms with Crippen LogP contribution in [-0.4, -0.2) is 36.3 Å². The molecular weight excluding hydrogens is 290 g/mol. The maximum absolute atomic E-state index is 11.8. The lowest BCUT2D eigenvalue weighted by molar-refractivity contribution is -0.128. The van der Waals surface area contributed by atoms with Gasteiger partial charge in [-0.15, -0.1) is 0 Å². The number of carbonyl (C=O) groups is 2. The van der Waals surface area contributed by atoms with Crippen LogP contribution in [0.25, 0.3) is 0 Å². The van der Waals surface area contributed by atoms with Crippen molar-refractivity contribution in [2.24, 2.45) is 5.92 Å². The third-order valence-electron chi connectivity index (χ3n) is 4.44. The molecular formula is C18H25N3O2. The second kappa shape index (κ2) is 7.59. The number of rotatable bonds is 8. The minimum absolute atomic E-state index is 0.0331. The maximum Gasteiger partial charge on any atom is 0.234 e. The molecule has 2 fully saturated rings. The molecule has 2 aliphatic rings. The smallest absolute Gasteiger partial charge is 0.234 e. The van der Waals surface area contributed by atoms with Crippen molar-refractivity contribution in [1.82, 2.24) is 15.5 Å². The van der Waals surface area contributed by atoms with E-state index in [-0.39, 0.29) is 11.8 Å². The summed E-state index contributed by atoms with van der Waals surface area (Å²) in [5, 5.41) is 6.13. The number of amides is 2. The molecule has 1 saturated carbocycles. The fourth-order valence-electron chi connectivity index (χ4n) is 2.90. The fraction of sp³-hybridized carbons (Fsp3) is 0.556. The van der Waals surface area contributed by atoms with Gasteiger partial charge in [0.25, 0.3) is 0 Å². The third kappa shape index (κ3) is 5.06.